The van der Waals surface area contributed by atoms with Gasteiger partial charge in [0.1, 0.15) is 18.2 Å². The summed E-state index contributed by atoms with van der Waals surface area (Å²) >= 11 is 1.37. The van der Waals surface area contributed by atoms with Crippen LogP contribution in [0.15, 0.2) is 52.9 Å². The molecule has 6 nitrogen and oxygen atoms in total. The molecule has 0 amide bonds. The molecule has 0 aliphatic heterocycles. The van der Waals surface area contributed by atoms with Gasteiger partial charge in [0.05, 0.1) is 13.3 Å². The van der Waals surface area contributed by atoms with Gasteiger partial charge in [-0.05, 0) is 41.5 Å². The van der Waals surface area contributed by atoms with E-state index in [4.69, 9.17) is 15.2 Å². The highest BCUT2D eigenvalue weighted by Crippen LogP contribution is 2.28. The molecule has 26 heavy (non-hydrogen) atoms. The Hall–Kier alpha value is -3.13. The molecule has 0 atom stereocenters. The number of nitrogens with one attached hydrogen (secondary N) is 1. The molecule has 8 heteroatoms. The van der Waals surface area contributed by atoms with Crippen molar-refractivity contribution in [3.8, 4) is 11.5 Å². The third kappa shape index (κ3) is 4.70. The minimum absolute atomic E-state index is 0.245. The third-order valence-corrected chi connectivity index (χ3v) is 4.13. The van der Waals surface area contributed by atoms with Gasteiger partial charge in [-0.1, -0.05) is 12.1 Å². The Bertz CT molecular complexity index is 914. The van der Waals surface area contributed by atoms with E-state index in [0.717, 1.165) is 11.1 Å². The number of aromatic nitrogens is 1. The summed E-state index contributed by atoms with van der Waals surface area (Å²) in [5.74, 6) is 1.28. The Balaban J connectivity index is 1.65. The summed E-state index contributed by atoms with van der Waals surface area (Å²) in [6.07, 6.45) is 1.64. The largest absolute Gasteiger partial charge is 0.493 e. The van der Waals surface area contributed by atoms with Gasteiger partial charge in [0.2, 0.25) is 5.13 Å². The molecule has 3 rings (SSSR count). The van der Waals surface area contributed by atoms with Gasteiger partial charge in [-0.15, -0.1) is 11.3 Å². The molecule has 0 radical (unpaired) electrons. The number of thiazole rings is 1. The third-order valence-electron chi connectivity index (χ3n) is 3.37. The number of hydrazone groups is 1. The van der Waals surface area contributed by atoms with E-state index in [1.165, 1.54) is 23.5 Å². The topological polar surface area (TPSA) is 81.8 Å². The molecule has 3 aromatic rings. The normalized spacial score (nSPS) is 10.8. The first-order valence-corrected chi connectivity index (χ1v) is 8.57. The zero-order chi connectivity index (χ0) is 18.4. The lowest BCUT2D eigenvalue weighted by Gasteiger charge is -2.11. The quantitative estimate of drug-likeness (QED) is 0.486. The second kappa shape index (κ2) is 8.30. The van der Waals surface area contributed by atoms with Crippen LogP contribution < -0.4 is 20.6 Å². The molecule has 3 N–H and O–H groups in total. The van der Waals surface area contributed by atoms with Crippen LogP contribution in [0.4, 0.5) is 15.3 Å². The average Bonchev–Trinajstić information content (AvgIpc) is 3.05. The van der Waals surface area contributed by atoms with Crippen LogP contribution in [-0.4, -0.2) is 18.3 Å². The zero-order valence-electron chi connectivity index (χ0n) is 14.0. The van der Waals surface area contributed by atoms with Crippen LogP contribution >= 0.6 is 11.3 Å². The van der Waals surface area contributed by atoms with Crippen molar-refractivity contribution in [3.63, 3.8) is 0 Å². The second-order valence-electron chi connectivity index (χ2n) is 5.28. The SMILES string of the molecule is COc1cc(C=NNc2nc(N)cs2)ccc1OCc1cccc(F)c1. The monoisotopic (exact) mass is 372 g/mol. The fraction of sp³-hybridized carbons (Fsp3) is 0.111. The molecule has 0 fully saturated rings. The Labute approximate surface area is 154 Å². The maximum atomic E-state index is 13.2. The molecule has 0 aliphatic rings. The van der Waals surface area contributed by atoms with Crippen molar-refractivity contribution in [2.45, 2.75) is 6.61 Å². The molecule has 0 spiro atoms. The highest BCUT2D eigenvalue weighted by Gasteiger charge is 2.06. The van der Waals surface area contributed by atoms with Crippen LogP contribution in [0, 0.1) is 5.82 Å². The van der Waals surface area contributed by atoms with Crippen molar-refractivity contribution >= 4 is 28.5 Å². The number of halogens is 1. The molecule has 2 aromatic carbocycles. The van der Waals surface area contributed by atoms with E-state index in [-0.39, 0.29) is 12.4 Å². The predicted octanol–water partition coefficient (Wildman–Crippen LogP) is 3.90. The number of ether oxygens (including phenoxy) is 2. The van der Waals surface area contributed by atoms with Crippen LogP contribution in [0.1, 0.15) is 11.1 Å². The second-order valence-corrected chi connectivity index (χ2v) is 6.13. The van der Waals surface area contributed by atoms with Crippen LogP contribution in [-0.2, 0) is 6.61 Å². The summed E-state index contributed by atoms with van der Waals surface area (Å²) in [5.41, 5.74) is 9.92. The van der Waals surface area contributed by atoms with E-state index in [2.05, 4.69) is 15.5 Å². The lowest BCUT2D eigenvalue weighted by Crippen LogP contribution is -1.99. The number of anilines is 2. The van der Waals surface area contributed by atoms with Crippen molar-refractivity contribution in [2.75, 3.05) is 18.3 Å². The molecule has 1 aromatic heterocycles. The van der Waals surface area contributed by atoms with Crippen LogP contribution in [0.25, 0.3) is 0 Å². The van der Waals surface area contributed by atoms with Crippen molar-refractivity contribution in [1.29, 1.82) is 0 Å². The molecule has 134 valence electrons. The Morgan fingerprint density at radius 2 is 2.15 bits per heavy atom. The maximum absolute atomic E-state index is 13.2. The highest BCUT2D eigenvalue weighted by atomic mass is 32.1. The number of hydrogen-bond donors (Lipinski definition) is 2. The van der Waals surface area contributed by atoms with E-state index >= 15 is 0 Å². The first-order valence-electron chi connectivity index (χ1n) is 7.69. The van der Waals surface area contributed by atoms with Gasteiger partial charge in [-0.3, -0.25) is 5.43 Å². The summed E-state index contributed by atoms with van der Waals surface area (Å²) in [6, 6.07) is 11.7. The van der Waals surface area contributed by atoms with Crippen molar-refractivity contribution in [2.24, 2.45) is 5.10 Å². The van der Waals surface area contributed by atoms with Gasteiger partial charge in [0.25, 0.3) is 0 Å². The van der Waals surface area contributed by atoms with Crippen molar-refractivity contribution < 1.29 is 13.9 Å². The van der Waals surface area contributed by atoms with Crippen LogP contribution in [0.5, 0.6) is 11.5 Å². The number of nitrogens with two attached hydrogens (primary N) is 1. The fourth-order valence-electron chi connectivity index (χ4n) is 2.17. The summed E-state index contributed by atoms with van der Waals surface area (Å²) in [6.45, 7) is 0.245. The van der Waals surface area contributed by atoms with E-state index in [0.29, 0.717) is 22.4 Å². The minimum atomic E-state index is -0.292. The van der Waals surface area contributed by atoms with Crippen LogP contribution in [0.2, 0.25) is 0 Å². The molecular weight excluding hydrogens is 355 g/mol. The zero-order valence-corrected chi connectivity index (χ0v) is 14.8. The number of methoxy groups -OCH3 is 1. The lowest BCUT2D eigenvalue weighted by atomic mass is 10.2. The molecule has 0 aliphatic carbocycles. The lowest BCUT2D eigenvalue weighted by molar-refractivity contribution is 0.284. The van der Waals surface area contributed by atoms with Gasteiger partial charge >= 0.3 is 0 Å². The number of rotatable bonds is 7. The van der Waals surface area contributed by atoms with Crippen molar-refractivity contribution in [1.82, 2.24) is 4.98 Å². The number of benzene rings is 2. The van der Waals surface area contributed by atoms with Crippen molar-refractivity contribution in [3.05, 3.63) is 64.8 Å². The van der Waals surface area contributed by atoms with E-state index < -0.39 is 0 Å². The van der Waals surface area contributed by atoms with Gasteiger partial charge in [-0.2, -0.15) is 5.10 Å². The molecule has 0 bridgehead atoms. The number of nitrogens with zero attached hydrogens (tertiary/aromatic N) is 2. The van der Waals surface area contributed by atoms with E-state index in [9.17, 15) is 4.39 Å². The predicted molar refractivity (Wildman–Crippen MR) is 101 cm³/mol. The molecule has 0 unspecified atom stereocenters. The first-order chi connectivity index (χ1) is 12.6. The number of nitrogen functional groups attached to an aromatic ring is 1. The van der Waals surface area contributed by atoms with Gasteiger partial charge in [0.15, 0.2) is 11.5 Å². The molecule has 0 saturated heterocycles. The summed E-state index contributed by atoms with van der Waals surface area (Å²) < 4.78 is 24.3. The Kier molecular flexibility index (Phi) is 5.65. The van der Waals surface area contributed by atoms with E-state index in [1.54, 1.807) is 43.0 Å². The van der Waals surface area contributed by atoms with E-state index in [1.807, 2.05) is 6.07 Å². The molecule has 0 saturated carbocycles. The molecule has 1 heterocycles. The average molecular weight is 372 g/mol. The minimum Gasteiger partial charge on any atom is -0.493 e. The fourth-order valence-corrected chi connectivity index (χ4v) is 2.72. The highest BCUT2D eigenvalue weighted by molar-refractivity contribution is 7.14. The maximum Gasteiger partial charge on any atom is 0.205 e. The smallest absolute Gasteiger partial charge is 0.205 e. The van der Waals surface area contributed by atoms with Gasteiger partial charge in [0, 0.05) is 5.38 Å². The Morgan fingerprint density at radius 3 is 2.88 bits per heavy atom. The number of hydrogen-bond acceptors (Lipinski definition) is 7. The summed E-state index contributed by atoms with van der Waals surface area (Å²) in [7, 11) is 1.56. The summed E-state index contributed by atoms with van der Waals surface area (Å²) in [4.78, 5) is 4.05. The Morgan fingerprint density at radius 1 is 1.27 bits per heavy atom. The standard InChI is InChI=1S/C18H17FN4O2S/c1-24-16-8-12(9-21-23-18-22-17(20)11-26-18)5-6-15(16)25-10-13-3-2-4-14(19)7-13/h2-9,11H,10,20H2,1H3,(H,22,23). The summed E-state index contributed by atoms with van der Waals surface area (Å²) in [5, 5.41) is 6.45. The van der Waals surface area contributed by atoms with Crippen LogP contribution in [0.3, 0.4) is 0 Å². The van der Waals surface area contributed by atoms with Gasteiger partial charge < -0.3 is 15.2 Å². The molecular formula is C18H17FN4O2S. The first kappa shape index (κ1) is 17.7. The van der Waals surface area contributed by atoms with Gasteiger partial charge in [-0.25, -0.2) is 9.37 Å².